The number of hydrogen-bond acceptors (Lipinski definition) is 5. The van der Waals surface area contributed by atoms with Gasteiger partial charge in [-0.3, -0.25) is 20.4 Å². The van der Waals surface area contributed by atoms with Crippen molar-refractivity contribution >= 4 is 43.7 Å². The largest absolute Gasteiger partial charge is 0.491 e. The van der Waals surface area contributed by atoms with Crippen LogP contribution in [-0.2, 0) is 9.53 Å². The fourth-order valence-corrected chi connectivity index (χ4v) is 3.80. The van der Waals surface area contributed by atoms with Crippen LogP contribution in [0.1, 0.15) is 23.2 Å². The fraction of sp³-hybridized carbons (Fsp3) is 0.300. The van der Waals surface area contributed by atoms with Gasteiger partial charge in [-0.15, -0.1) is 0 Å². The van der Waals surface area contributed by atoms with E-state index in [1.54, 1.807) is 36.4 Å². The van der Waals surface area contributed by atoms with Crippen LogP contribution in [0.25, 0.3) is 0 Å². The van der Waals surface area contributed by atoms with Crippen molar-refractivity contribution in [3.63, 3.8) is 0 Å². The first-order chi connectivity index (χ1) is 14.0. The highest BCUT2D eigenvalue weighted by Crippen LogP contribution is 2.28. The number of nitrogens with one attached hydrogen (secondary N) is 2. The summed E-state index contributed by atoms with van der Waals surface area (Å²) in [6, 6.07) is 12.0. The van der Waals surface area contributed by atoms with Gasteiger partial charge in [0.25, 0.3) is 11.8 Å². The van der Waals surface area contributed by atoms with Gasteiger partial charge in [0.2, 0.25) is 0 Å². The SMILES string of the molecule is O=C(COc1ccc(Br)cc1Br)NNC(=O)c1ccc(OCC2CCCO2)cc1. The number of hydrogen-bond donors (Lipinski definition) is 2. The number of rotatable bonds is 7. The maximum atomic E-state index is 12.2. The monoisotopic (exact) mass is 526 g/mol. The first kappa shape index (κ1) is 21.6. The van der Waals surface area contributed by atoms with Crippen molar-refractivity contribution in [3.8, 4) is 11.5 Å². The third kappa shape index (κ3) is 6.73. The zero-order valence-electron chi connectivity index (χ0n) is 15.5. The highest BCUT2D eigenvalue weighted by atomic mass is 79.9. The summed E-state index contributed by atoms with van der Waals surface area (Å²) < 4.78 is 18.2. The number of carbonyl (C=O) groups is 2. The van der Waals surface area contributed by atoms with E-state index >= 15 is 0 Å². The first-order valence-corrected chi connectivity index (χ1v) is 10.6. The van der Waals surface area contributed by atoms with Crippen LogP contribution in [0.5, 0.6) is 11.5 Å². The summed E-state index contributed by atoms with van der Waals surface area (Å²) in [6.07, 6.45) is 2.20. The van der Waals surface area contributed by atoms with Crippen molar-refractivity contribution < 1.29 is 23.8 Å². The lowest BCUT2D eigenvalue weighted by atomic mass is 10.2. The van der Waals surface area contributed by atoms with Crippen LogP contribution in [0.3, 0.4) is 0 Å². The summed E-state index contributed by atoms with van der Waals surface area (Å²) in [7, 11) is 0. The standard InChI is InChI=1S/C20H20Br2N2O5/c21-14-5-8-18(17(22)10-14)29-12-19(25)23-24-20(26)13-3-6-15(7-4-13)28-11-16-2-1-9-27-16/h3-8,10,16H,1-2,9,11-12H2,(H,23,25)(H,24,26). The zero-order valence-corrected chi connectivity index (χ0v) is 18.6. The van der Waals surface area contributed by atoms with Gasteiger partial charge in [-0.05, 0) is 71.2 Å². The Morgan fingerprint density at radius 1 is 1.07 bits per heavy atom. The summed E-state index contributed by atoms with van der Waals surface area (Å²) in [6.45, 7) is 1.04. The van der Waals surface area contributed by atoms with Crippen LogP contribution >= 0.6 is 31.9 Å². The minimum Gasteiger partial charge on any atom is -0.491 e. The molecule has 1 unspecified atom stereocenters. The number of carbonyl (C=O) groups excluding carboxylic acids is 2. The van der Waals surface area contributed by atoms with E-state index in [4.69, 9.17) is 14.2 Å². The van der Waals surface area contributed by atoms with E-state index in [-0.39, 0.29) is 12.7 Å². The molecule has 1 atom stereocenters. The molecule has 0 saturated carbocycles. The van der Waals surface area contributed by atoms with Gasteiger partial charge in [-0.25, -0.2) is 0 Å². The van der Waals surface area contributed by atoms with Crippen LogP contribution in [0.15, 0.2) is 51.4 Å². The lowest BCUT2D eigenvalue weighted by Gasteiger charge is -2.12. The van der Waals surface area contributed by atoms with E-state index in [9.17, 15) is 9.59 Å². The van der Waals surface area contributed by atoms with Gasteiger partial charge >= 0.3 is 0 Å². The number of amides is 2. The average molecular weight is 528 g/mol. The molecular formula is C20H20Br2N2O5. The van der Waals surface area contributed by atoms with Crippen molar-refractivity contribution in [2.24, 2.45) is 0 Å². The Morgan fingerprint density at radius 3 is 2.55 bits per heavy atom. The molecule has 0 aromatic heterocycles. The van der Waals surface area contributed by atoms with Gasteiger partial charge in [0.1, 0.15) is 18.1 Å². The summed E-state index contributed by atoms with van der Waals surface area (Å²) >= 11 is 6.69. The van der Waals surface area contributed by atoms with E-state index in [1.807, 2.05) is 6.07 Å². The zero-order chi connectivity index (χ0) is 20.6. The fourth-order valence-electron chi connectivity index (χ4n) is 2.64. The molecule has 2 N–H and O–H groups in total. The molecule has 154 valence electrons. The summed E-state index contributed by atoms with van der Waals surface area (Å²) in [5, 5.41) is 0. The van der Waals surface area contributed by atoms with E-state index < -0.39 is 11.8 Å². The van der Waals surface area contributed by atoms with E-state index in [0.717, 1.165) is 23.9 Å². The maximum Gasteiger partial charge on any atom is 0.276 e. The predicted octanol–water partition coefficient (Wildman–Crippen LogP) is 3.61. The Balaban J connectivity index is 1.40. The second kappa shape index (κ2) is 10.6. The minimum atomic E-state index is -0.482. The van der Waals surface area contributed by atoms with Crippen molar-refractivity contribution in [3.05, 3.63) is 57.0 Å². The van der Waals surface area contributed by atoms with E-state index in [1.165, 1.54) is 0 Å². The molecule has 9 heteroatoms. The molecule has 1 aliphatic rings. The quantitative estimate of drug-likeness (QED) is 0.537. The summed E-state index contributed by atoms with van der Waals surface area (Å²) in [5.74, 6) is 0.265. The molecule has 1 aliphatic heterocycles. The molecule has 2 aromatic carbocycles. The minimum absolute atomic E-state index is 0.133. The van der Waals surface area contributed by atoms with Crippen molar-refractivity contribution in [2.75, 3.05) is 19.8 Å². The molecule has 3 rings (SSSR count). The lowest BCUT2D eigenvalue weighted by Crippen LogP contribution is -2.43. The topological polar surface area (TPSA) is 85.9 Å². The molecule has 0 radical (unpaired) electrons. The molecule has 29 heavy (non-hydrogen) atoms. The van der Waals surface area contributed by atoms with Gasteiger partial charge in [0.15, 0.2) is 6.61 Å². The number of hydrazine groups is 1. The van der Waals surface area contributed by atoms with Crippen LogP contribution < -0.4 is 20.3 Å². The number of halogens is 2. The highest BCUT2D eigenvalue weighted by molar-refractivity contribution is 9.11. The Labute approximate surface area is 185 Å². The second-order valence-corrected chi connectivity index (χ2v) is 8.11. The molecule has 2 aromatic rings. The van der Waals surface area contributed by atoms with Crippen molar-refractivity contribution in [1.82, 2.24) is 10.9 Å². The molecule has 1 fully saturated rings. The lowest BCUT2D eigenvalue weighted by molar-refractivity contribution is -0.123. The summed E-state index contributed by atoms with van der Waals surface area (Å²) in [5.41, 5.74) is 5.07. The molecule has 1 heterocycles. The van der Waals surface area contributed by atoms with E-state index in [2.05, 4.69) is 42.7 Å². The number of ether oxygens (including phenoxy) is 3. The van der Waals surface area contributed by atoms with Crippen LogP contribution in [-0.4, -0.2) is 37.7 Å². The average Bonchev–Trinajstić information content (AvgIpc) is 3.24. The Hall–Kier alpha value is -2.10. The van der Waals surface area contributed by atoms with Crippen LogP contribution in [0.2, 0.25) is 0 Å². The van der Waals surface area contributed by atoms with Gasteiger partial charge in [0, 0.05) is 16.6 Å². The maximum absolute atomic E-state index is 12.2. The Bertz CT molecular complexity index is 854. The third-order valence-corrected chi connectivity index (χ3v) is 5.26. The van der Waals surface area contributed by atoms with Crippen LogP contribution in [0.4, 0.5) is 0 Å². The Kier molecular flexibility index (Phi) is 7.91. The van der Waals surface area contributed by atoms with Gasteiger partial charge in [0.05, 0.1) is 10.6 Å². The molecule has 2 amide bonds. The first-order valence-electron chi connectivity index (χ1n) is 9.03. The second-order valence-electron chi connectivity index (χ2n) is 6.34. The smallest absolute Gasteiger partial charge is 0.276 e. The van der Waals surface area contributed by atoms with Gasteiger partial charge in [-0.1, -0.05) is 15.9 Å². The van der Waals surface area contributed by atoms with Crippen molar-refractivity contribution in [1.29, 1.82) is 0 Å². The predicted molar refractivity (Wildman–Crippen MR) is 114 cm³/mol. The summed E-state index contributed by atoms with van der Waals surface area (Å²) in [4.78, 5) is 24.0. The highest BCUT2D eigenvalue weighted by Gasteiger charge is 2.16. The molecule has 0 aliphatic carbocycles. The molecule has 1 saturated heterocycles. The van der Waals surface area contributed by atoms with Crippen LogP contribution in [0, 0.1) is 0 Å². The molecule has 0 spiro atoms. The molecule has 0 bridgehead atoms. The third-order valence-electron chi connectivity index (χ3n) is 4.14. The molecular weight excluding hydrogens is 508 g/mol. The van der Waals surface area contributed by atoms with Crippen molar-refractivity contribution in [2.45, 2.75) is 18.9 Å². The van der Waals surface area contributed by atoms with E-state index in [0.29, 0.717) is 28.1 Å². The van der Waals surface area contributed by atoms with Gasteiger partial charge in [-0.2, -0.15) is 0 Å². The van der Waals surface area contributed by atoms with Gasteiger partial charge < -0.3 is 14.2 Å². The molecule has 7 nitrogen and oxygen atoms in total. The normalized spacial score (nSPS) is 15.6. The number of benzene rings is 2. The Morgan fingerprint density at radius 2 is 1.86 bits per heavy atom.